The number of carbonyl (C=O) groups excluding carboxylic acids is 2. The lowest BCUT2D eigenvalue weighted by Crippen LogP contribution is -2.52. The molecule has 0 unspecified atom stereocenters. The lowest BCUT2D eigenvalue weighted by Gasteiger charge is -2.36. The fraction of sp³-hybridized carbons (Fsp3) is 0.333. The van der Waals surface area contributed by atoms with Crippen molar-refractivity contribution < 1.29 is 23.8 Å². The Labute approximate surface area is 198 Å². The van der Waals surface area contributed by atoms with Crippen molar-refractivity contribution in [1.29, 1.82) is 0 Å². The lowest BCUT2D eigenvalue weighted by atomic mass is 9.78. The molecular formula is C21H21ClFN7O4. The molecule has 3 N–H and O–H groups in total. The molecule has 3 aromatic rings. The summed E-state index contributed by atoms with van der Waals surface area (Å²) >= 11 is 6.05. The van der Waals surface area contributed by atoms with Gasteiger partial charge in [-0.05, 0) is 25.1 Å². The van der Waals surface area contributed by atoms with Crippen molar-refractivity contribution >= 4 is 35.1 Å². The molecule has 34 heavy (non-hydrogen) atoms. The minimum absolute atomic E-state index is 0.227. The van der Waals surface area contributed by atoms with Crippen molar-refractivity contribution in [3.05, 3.63) is 47.4 Å². The molecule has 0 aromatic carbocycles. The van der Waals surface area contributed by atoms with Crippen LogP contribution in [0.4, 0.5) is 20.7 Å². The number of nitrogens with zero attached hydrogens (tertiary/aromatic N) is 5. The van der Waals surface area contributed by atoms with Crippen LogP contribution in [0.15, 0.2) is 36.7 Å². The van der Waals surface area contributed by atoms with E-state index in [2.05, 4.69) is 30.9 Å². The zero-order valence-corrected chi connectivity index (χ0v) is 19.0. The van der Waals surface area contributed by atoms with Crippen LogP contribution in [0.5, 0.6) is 0 Å². The molecule has 3 aromatic heterocycles. The van der Waals surface area contributed by atoms with E-state index < -0.39 is 29.9 Å². The third kappa shape index (κ3) is 4.82. The van der Waals surface area contributed by atoms with E-state index in [0.29, 0.717) is 11.3 Å². The van der Waals surface area contributed by atoms with Crippen LogP contribution < -0.4 is 10.6 Å². The van der Waals surface area contributed by atoms with Crippen molar-refractivity contribution in [1.82, 2.24) is 25.0 Å². The molecule has 0 bridgehead atoms. The highest BCUT2D eigenvalue weighted by molar-refractivity contribution is 6.30. The molecule has 178 valence electrons. The summed E-state index contributed by atoms with van der Waals surface area (Å²) < 4.78 is 21.0. The first-order valence-electron chi connectivity index (χ1n) is 10.3. The number of aryl methyl sites for hydroxylation is 1. The maximum atomic E-state index is 14.3. The van der Waals surface area contributed by atoms with E-state index in [0.717, 1.165) is 0 Å². The molecular weight excluding hydrogens is 469 g/mol. The molecule has 11 nitrogen and oxygen atoms in total. The Hall–Kier alpha value is -3.64. The van der Waals surface area contributed by atoms with E-state index in [1.165, 1.54) is 29.2 Å². The Balaban J connectivity index is 1.43. The van der Waals surface area contributed by atoms with Gasteiger partial charge in [-0.25, -0.2) is 18.9 Å². The van der Waals surface area contributed by atoms with E-state index in [1.54, 1.807) is 26.1 Å². The summed E-state index contributed by atoms with van der Waals surface area (Å²) in [6, 6.07) is 6.44. The number of hydrogen-bond donors (Lipinski definition) is 3. The first-order chi connectivity index (χ1) is 16.2. The van der Waals surface area contributed by atoms with E-state index in [9.17, 15) is 19.1 Å². The summed E-state index contributed by atoms with van der Waals surface area (Å²) in [5, 5.41) is 22.5. The van der Waals surface area contributed by atoms with Crippen LogP contribution in [-0.2, 0) is 16.6 Å². The van der Waals surface area contributed by atoms with Crippen molar-refractivity contribution in [2.45, 2.75) is 37.6 Å². The number of hydrogen-bond acceptors (Lipinski definition) is 8. The number of nitrogens with one attached hydrogen (secondary N) is 2. The maximum absolute atomic E-state index is 14.3. The molecule has 3 heterocycles. The zero-order chi connectivity index (χ0) is 24.5. The Morgan fingerprint density at radius 2 is 2.06 bits per heavy atom. The second kappa shape index (κ2) is 9.31. The molecule has 13 heteroatoms. The van der Waals surface area contributed by atoms with Crippen molar-refractivity contribution in [2.75, 3.05) is 10.6 Å². The van der Waals surface area contributed by atoms with Crippen LogP contribution >= 0.6 is 11.6 Å². The molecule has 0 radical (unpaired) electrons. The van der Waals surface area contributed by atoms with Gasteiger partial charge in [-0.2, -0.15) is 0 Å². The number of rotatable bonds is 6. The van der Waals surface area contributed by atoms with Gasteiger partial charge in [-0.3, -0.25) is 15.1 Å². The first kappa shape index (κ1) is 23.5. The number of anilines is 2. The van der Waals surface area contributed by atoms with E-state index >= 15 is 0 Å². The van der Waals surface area contributed by atoms with E-state index in [1.807, 2.05) is 0 Å². The van der Waals surface area contributed by atoms with Gasteiger partial charge in [-0.1, -0.05) is 22.9 Å². The van der Waals surface area contributed by atoms with Crippen LogP contribution in [0.3, 0.4) is 0 Å². The van der Waals surface area contributed by atoms with E-state index in [4.69, 9.17) is 16.3 Å². The second-order valence-electron chi connectivity index (χ2n) is 7.88. The van der Waals surface area contributed by atoms with Crippen LogP contribution in [0, 0.1) is 0 Å². The molecule has 0 spiro atoms. The van der Waals surface area contributed by atoms with Gasteiger partial charge >= 0.3 is 6.09 Å². The third-order valence-corrected chi connectivity index (χ3v) is 5.66. The molecule has 0 saturated heterocycles. The molecule has 1 fully saturated rings. The number of carbonyl (C=O) groups is 2. The summed E-state index contributed by atoms with van der Waals surface area (Å²) in [5.41, 5.74) is -0.662. The number of aliphatic hydroxyl groups is 1. The van der Waals surface area contributed by atoms with Crippen LogP contribution in [0.2, 0.25) is 5.15 Å². The first-order valence-corrected chi connectivity index (χ1v) is 10.7. The SMILES string of the molecule is C[C@@H](OC(=O)Nc1c(-c2ccc(NC(=O)[C@]3(F)C[C@H](O)C3)cn2)nnn1C)c1cccnc1Cl. The topological polar surface area (TPSA) is 144 Å². The highest BCUT2D eigenvalue weighted by atomic mass is 35.5. The molecule has 1 aliphatic rings. The number of halogens is 2. The van der Waals surface area contributed by atoms with Gasteiger partial charge in [0.15, 0.2) is 17.2 Å². The van der Waals surface area contributed by atoms with E-state index in [-0.39, 0.29) is 35.2 Å². The molecule has 1 aliphatic carbocycles. The van der Waals surface area contributed by atoms with Crippen molar-refractivity contribution in [2.24, 2.45) is 7.05 Å². The minimum atomic E-state index is -2.09. The van der Waals surface area contributed by atoms with Gasteiger partial charge in [0.05, 0.1) is 23.7 Å². The summed E-state index contributed by atoms with van der Waals surface area (Å²) in [7, 11) is 1.58. The number of amides is 2. The smallest absolute Gasteiger partial charge is 0.413 e. The quantitative estimate of drug-likeness (QED) is 0.448. The Bertz CT molecular complexity index is 1210. The zero-order valence-electron chi connectivity index (χ0n) is 18.2. The number of ether oxygens (including phenoxy) is 1. The predicted molar refractivity (Wildman–Crippen MR) is 120 cm³/mol. The minimum Gasteiger partial charge on any atom is -0.441 e. The third-order valence-electron chi connectivity index (χ3n) is 5.35. The summed E-state index contributed by atoms with van der Waals surface area (Å²) in [5.74, 6) is -0.607. The summed E-state index contributed by atoms with van der Waals surface area (Å²) in [6.45, 7) is 1.66. The highest BCUT2D eigenvalue weighted by Gasteiger charge is 2.50. The van der Waals surface area contributed by atoms with Crippen molar-refractivity contribution in [3.8, 4) is 11.4 Å². The fourth-order valence-corrected chi connectivity index (χ4v) is 3.72. The Morgan fingerprint density at radius 3 is 2.71 bits per heavy atom. The van der Waals surface area contributed by atoms with Crippen LogP contribution in [-0.4, -0.2) is 53.8 Å². The molecule has 0 aliphatic heterocycles. The molecule has 1 saturated carbocycles. The summed E-state index contributed by atoms with van der Waals surface area (Å²) in [6.07, 6.45) is 0.149. The Kier molecular flexibility index (Phi) is 6.44. The number of pyridine rings is 2. The lowest BCUT2D eigenvalue weighted by molar-refractivity contribution is -0.142. The van der Waals surface area contributed by atoms with Gasteiger partial charge < -0.3 is 15.2 Å². The standard InChI is InChI=1S/C21H21ClFN7O4/c1-11(14-4-3-7-24-17(14)22)34-20(33)27-18-16(28-29-30(18)2)15-6-5-12(10-25-15)26-19(32)21(23)8-13(31)9-21/h3-7,10-11,13,31H,8-9H2,1-2H3,(H,26,32)(H,27,33)/t11-,13-,21-/m1/s1. The predicted octanol–water partition coefficient (Wildman–Crippen LogP) is 3.04. The number of aromatic nitrogens is 5. The summed E-state index contributed by atoms with van der Waals surface area (Å²) in [4.78, 5) is 32.8. The monoisotopic (exact) mass is 489 g/mol. The molecule has 2 amide bonds. The second-order valence-corrected chi connectivity index (χ2v) is 8.24. The fourth-order valence-electron chi connectivity index (χ4n) is 3.45. The maximum Gasteiger partial charge on any atom is 0.413 e. The average Bonchev–Trinajstić information content (AvgIpc) is 3.13. The van der Waals surface area contributed by atoms with Gasteiger partial charge in [-0.15, -0.1) is 5.10 Å². The number of alkyl halides is 1. The van der Waals surface area contributed by atoms with Gasteiger partial charge in [0.25, 0.3) is 5.91 Å². The highest BCUT2D eigenvalue weighted by Crippen LogP contribution is 2.37. The Morgan fingerprint density at radius 1 is 1.29 bits per heavy atom. The largest absolute Gasteiger partial charge is 0.441 e. The van der Waals surface area contributed by atoms with Crippen LogP contribution in [0.25, 0.3) is 11.4 Å². The normalized spacial score (nSPS) is 20.2. The van der Waals surface area contributed by atoms with Crippen molar-refractivity contribution in [3.63, 3.8) is 0 Å². The van der Waals surface area contributed by atoms with Gasteiger partial charge in [0.2, 0.25) is 0 Å². The van der Waals surface area contributed by atoms with Crippen LogP contribution in [0.1, 0.15) is 31.4 Å². The number of aliphatic hydroxyl groups excluding tert-OH is 1. The molecule has 1 atom stereocenters. The van der Waals surface area contributed by atoms with Gasteiger partial charge in [0.1, 0.15) is 11.3 Å². The van der Waals surface area contributed by atoms with Gasteiger partial charge in [0, 0.05) is 31.6 Å². The molecule has 4 rings (SSSR count). The average molecular weight is 490 g/mol.